The molecule has 0 N–H and O–H groups in total. The molecule has 0 aliphatic carbocycles. The lowest BCUT2D eigenvalue weighted by atomic mass is 10.2. The van der Waals surface area contributed by atoms with Gasteiger partial charge in [-0.3, -0.25) is 0 Å². The van der Waals surface area contributed by atoms with Gasteiger partial charge < -0.3 is 9.47 Å². The van der Waals surface area contributed by atoms with Crippen LogP contribution in [-0.4, -0.2) is 28.8 Å². The minimum Gasteiger partial charge on any atom is -0.475 e. The van der Waals surface area contributed by atoms with Crippen molar-refractivity contribution in [3.05, 3.63) is 17.5 Å². The molecule has 0 unspecified atom stereocenters. The second-order valence-corrected chi connectivity index (χ2v) is 4.31. The second kappa shape index (κ2) is 5.28. The summed E-state index contributed by atoms with van der Waals surface area (Å²) in [6, 6.07) is 1.66. The fraction of sp³-hybridized carbons (Fsp3) is 0.600. The molecule has 0 fully saturated rings. The number of nitrogens with zero attached hydrogens (tertiary/aromatic N) is 2. The van der Waals surface area contributed by atoms with Crippen molar-refractivity contribution in [2.24, 2.45) is 0 Å². The fourth-order valence-corrected chi connectivity index (χ4v) is 1.03. The molecule has 15 heavy (non-hydrogen) atoms. The van der Waals surface area contributed by atoms with E-state index in [0.29, 0.717) is 19.1 Å². The van der Waals surface area contributed by atoms with Crippen LogP contribution in [0.1, 0.15) is 20.8 Å². The Morgan fingerprint density at radius 3 is 2.67 bits per heavy atom. The van der Waals surface area contributed by atoms with Crippen molar-refractivity contribution >= 4 is 11.6 Å². The first-order valence-electron chi connectivity index (χ1n) is 4.73. The first-order chi connectivity index (χ1) is 6.97. The summed E-state index contributed by atoms with van der Waals surface area (Å²) in [7, 11) is 0. The van der Waals surface area contributed by atoms with Gasteiger partial charge in [-0.2, -0.15) is 4.98 Å². The molecular formula is C10H15ClN2O2. The Labute approximate surface area is 94.6 Å². The molecule has 0 amide bonds. The molecule has 0 saturated heterocycles. The van der Waals surface area contributed by atoms with Crippen molar-refractivity contribution in [1.29, 1.82) is 0 Å². The summed E-state index contributed by atoms with van der Waals surface area (Å²) in [5, 5.41) is 0.184. The second-order valence-electron chi connectivity index (χ2n) is 3.97. The number of rotatable bonds is 4. The van der Waals surface area contributed by atoms with Crippen LogP contribution in [-0.2, 0) is 4.74 Å². The highest BCUT2D eigenvalue weighted by atomic mass is 35.5. The summed E-state index contributed by atoms with van der Waals surface area (Å²) in [5.74, 6) is 0.465. The van der Waals surface area contributed by atoms with E-state index in [-0.39, 0.29) is 10.9 Å². The molecule has 0 spiro atoms. The lowest BCUT2D eigenvalue weighted by Crippen LogP contribution is -2.22. The number of halogens is 1. The van der Waals surface area contributed by atoms with Gasteiger partial charge in [0.25, 0.3) is 0 Å². The molecule has 0 aromatic carbocycles. The molecule has 1 rings (SSSR count). The molecule has 0 aliphatic rings. The molecular weight excluding hydrogens is 216 g/mol. The largest absolute Gasteiger partial charge is 0.475 e. The fourth-order valence-electron chi connectivity index (χ4n) is 0.894. The van der Waals surface area contributed by atoms with Gasteiger partial charge in [0.2, 0.25) is 11.2 Å². The van der Waals surface area contributed by atoms with Gasteiger partial charge in [-0.1, -0.05) is 0 Å². The van der Waals surface area contributed by atoms with E-state index in [9.17, 15) is 0 Å². The lowest BCUT2D eigenvalue weighted by Gasteiger charge is -2.19. The third-order valence-electron chi connectivity index (χ3n) is 1.47. The zero-order valence-corrected chi connectivity index (χ0v) is 9.91. The van der Waals surface area contributed by atoms with Crippen molar-refractivity contribution in [3.8, 4) is 5.88 Å². The predicted octanol–water partition coefficient (Wildman–Crippen LogP) is 2.32. The highest BCUT2D eigenvalue weighted by Gasteiger charge is 2.09. The van der Waals surface area contributed by atoms with E-state index in [4.69, 9.17) is 21.1 Å². The molecule has 0 bridgehead atoms. The SMILES string of the molecule is CC(C)(C)OCCOc1ccnc(Cl)n1. The predicted molar refractivity (Wildman–Crippen MR) is 58.2 cm³/mol. The highest BCUT2D eigenvalue weighted by molar-refractivity contribution is 6.28. The Hall–Kier alpha value is -0.870. The summed E-state index contributed by atoms with van der Waals surface area (Å²) in [6.07, 6.45) is 1.55. The Morgan fingerprint density at radius 1 is 1.33 bits per heavy atom. The molecule has 1 aromatic rings. The standard InChI is InChI=1S/C10H15ClN2O2/c1-10(2,3)15-7-6-14-8-4-5-12-9(11)13-8/h4-5H,6-7H2,1-3H3. The maximum atomic E-state index is 5.60. The topological polar surface area (TPSA) is 44.2 Å². The summed E-state index contributed by atoms with van der Waals surface area (Å²) in [6.45, 7) is 6.95. The smallest absolute Gasteiger partial charge is 0.225 e. The molecule has 84 valence electrons. The van der Waals surface area contributed by atoms with Gasteiger partial charge in [0, 0.05) is 12.3 Å². The van der Waals surface area contributed by atoms with E-state index in [1.165, 1.54) is 0 Å². The van der Waals surface area contributed by atoms with E-state index < -0.39 is 0 Å². The Morgan fingerprint density at radius 2 is 2.07 bits per heavy atom. The van der Waals surface area contributed by atoms with Gasteiger partial charge in [0.15, 0.2) is 0 Å². The lowest BCUT2D eigenvalue weighted by molar-refractivity contribution is -0.0168. The van der Waals surface area contributed by atoms with Crippen molar-refractivity contribution in [1.82, 2.24) is 9.97 Å². The molecule has 0 atom stereocenters. The van der Waals surface area contributed by atoms with Gasteiger partial charge in [-0.05, 0) is 32.4 Å². The number of hydrogen-bond acceptors (Lipinski definition) is 4. The van der Waals surface area contributed by atoms with Gasteiger partial charge in [0.1, 0.15) is 6.61 Å². The average molecular weight is 231 g/mol. The van der Waals surface area contributed by atoms with Gasteiger partial charge in [0.05, 0.1) is 12.2 Å². The highest BCUT2D eigenvalue weighted by Crippen LogP contribution is 2.09. The summed E-state index contributed by atoms with van der Waals surface area (Å²) >= 11 is 5.60. The third-order valence-corrected chi connectivity index (χ3v) is 1.65. The summed E-state index contributed by atoms with van der Waals surface area (Å²) in [4.78, 5) is 7.63. The van der Waals surface area contributed by atoms with Crippen LogP contribution in [0, 0.1) is 0 Å². The van der Waals surface area contributed by atoms with Crippen LogP contribution in [0.4, 0.5) is 0 Å². The molecule has 0 aliphatic heterocycles. The molecule has 0 radical (unpaired) electrons. The van der Waals surface area contributed by atoms with Crippen LogP contribution < -0.4 is 4.74 Å². The van der Waals surface area contributed by atoms with E-state index in [0.717, 1.165) is 0 Å². The molecule has 1 aromatic heterocycles. The van der Waals surface area contributed by atoms with Crippen LogP contribution >= 0.6 is 11.6 Å². The Kier molecular flexibility index (Phi) is 4.29. The van der Waals surface area contributed by atoms with Crippen LogP contribution in [0.15, 0.2) is 12.3 Å². The summed E-state index contributed by atoms with van der Waals surface area (Å²) < 4.78 is 10.8. The minimum atomic E-state index is -0.146. The van der Waals surface area contributed by atoms with Gasteiger partial charge in [-0.25, -0.2) is 4.98 Å². The Balaban J connectivity index is 2.26. The quantitative estimate of drug-likeness (QED) is 0.588. The minimum absolute atomic E-state index is 0.146. The van der Waals surface area contributed by atoms with Gasteiger partial charge >= 0.3 is 0 Å². The van der Waals surface area contributed by atoms with E-state index in [1.807, 2.05) is 20.8 Å². The first kappa shape index (κ1) is 12.2. The summed E-state index contributed by atoms with van der Waals surface area (Å²) in [5.41, 5.74) is -0.146. The first-order valence-corrected chi connectivity index (χ1v) is 5.10. The maximum absolute atomic E-state index is 5.60. The van der Waals surface area contributed by atoms with Crippen LogP contribution in [0.3, 0.4) is 0 Å². The van der Waals surface area contributed by atoms with Crippen molar-refractivity contribution in [2.75, 3.05) is 13.2 Å². The van der Waals surface area contributed by atoms with Gasteiger partial charge in [-0.15, -0.1) is 0 Å². The van der Waals surface area contributed by atoms with Crippen LogP contribution in [0.2, 0.25) is 5.28 Å². The van der Waals surface area contributed by atoms with Crippen LogP contribution in [0.25, 0.3) is 0 Å². The number of aromatic nitrogens is 2. The zero-order chi connectivity index (χ0) is 11.3. The Bertz CT molecular complexity index is 313. The maximum Gasteiger partial charge on any atom is 0.225 e. The average Bonchev–Trinajstić information content (AvgIpc) is 2.11. The van der Waals surface area contributed by atoms with E-state index >= 15 is 0 Å². The number of ether oxygens (including phenoxy) is 2. The normalized spacial score (nSPS) is 11.5. The van der Waals surface area contributed by atoms with E-state index in [1.54, 1.807) is 12.3 Å². The van der Waals surface area contributed by atoms with Crippen molar-refractivity contribution in [2.45, 2.75) is 26.4 Å². The molecule has 5 heteroatoms. The molecule has 0 saturated carbocycles. The van der Waals surface area contributed by atoms with Crippen molar-refractivity contribution in [3.63, 3.8) is 0 Å². The molecule has 1 heterocycles. The third kappa shape index (κ3) is 5.54. The zero-order valence-electron chi connectivity index (χ0n) is 9.16. The molecule has 4 nitrogen and oxygen atoms in total. The number of hydrogen-bond donors (Lipinski definition) is 0. The monoisotopic (exact) mass is 230 g/mol. The van der Waals surface area contributed by atoms with Crippen molar-refractivity contribution < 1.29 is 9.47 Å². The van der Waals surface area contributed by atoms with E-state index in [2.05, 4.69) is 9.97 Å². The van der Waals surface area contributed by atoms with Crippen LogP contribution in [0.5, 0.6) is 5.88 Å².